The number of nitrogens with one attached hydrogen (secondary N) is 2. The first-order valence-electron chi connectivity index (χ1n) is 5.44. The minimum Gasteiger partial charge on any atom is -0.491 e. The van der Waals surface area contributed by atoms with E-state index in [1.165, 1.54) is 0 Å². The number of hydrogen-bond acceptors (Lipinski definition) is 3. The molecule has 2 N–H and O–H groups in total. The molecule has 5 heteroatoms. The van der Waals surface area contributed by atoms with E-state index in [-0.39, 0.29) is 0 Å². The number of hydrogen-bond donors (Lipinski definition) is 2. The van der Waals surface area contributed by atoms with Gasteiger partial charge in [-0.1, -0.05) is 0 Å². The fraction of sp³-hybridized carbons (Fsp3) is 0.154. The smallest absolute Gasteiger partial charge is 0.187 e. The quantitative estimate of drug-likeness (QED) is 0.724. The summed E-state index contributed by atoms with van der Waals surface area (Å²) in [5.74, 6) is 1.24. The summed E-state index contributed by atoms with van der Waals surface area (Å²) < 4.78 is 10.8. The number of rotatable bonds is 2. The number of nitrogens with zero attached hydrogens (tertiary/aromatic N) is 1. The van der Waals surface area contributed by atoms with Crippen molar-refractivity contribution in [2.75, 3.05) is 14.2 Å². The van der Waals surface area contributed by atoms with E-state index in [4.69, 9.17) is 14.7 Å². The molecule has 0 bridgehead atoms. The van der Waals surface area contributed by atoms with Crippen LogP contribution in [0.1, 0.15) is 5.69 Å². The highest BCUT2D eigenvalue weighted by Gasteiger charge is 2.18. The highest BCUT2D eigenvalue weighted by molar-refractivity contribution is 6.12. The van der Waals surface area contributed by atoms with Crippen molar-refractivity contribution < 1.29 is 9.47 Å². The molecule has 90 valence electrons. The third kappa shape index (κ3) is 1.20. The largest absolute Gasteiger partial charge is 0.491 e. The molecule has 0 amide bonds. The Labute approximate surface area is 103 Å². The number of benzene rings is 1. The highest BCUT2D eigenvalue weighted by Crippen LogP contribution is 2.42. The van der Waals surface area contributed by atoms with E-state index in [0.29, 0.717) is 17.2 Å². The molecule has 0 saturated heterocycles. The van der Waals surface area contributed by atoms with Crippen LogP contribution in [-0.2, 0) is 0 Å². The summed E-state index contributed by atoms with van der Waals surface area (Å²) in [5.41, 5.74) is 2.14. The lowest BCUT2D eigenvalue weighted by molar-refractivity contribution is 0.361. The standard InChI is InChI=1S/C13H11N3O2/c1-17-12-10-8(3-4-15-10)9-5-7(6-14)16-11(9)13(12)18-2/h3-5,15-16H,1-2H3. The molecule has 3 aromatic rings. The average Bonchev–Trinajstić information content (AvgIpc) is 3.02. The minimum absolute atomic E-state index is 0.499. The zero-order chi connectivity index (χ0) is 12.7. The van der Waals surface area contributed by atoms with Gasteiger partial charge in [-0.25, -0.2) is 0 Å². The first-order chi connectivity index (χ1) is 8.80. The van der Waals surface area contributed by atoms with Gasteiger partial charge in [-0.2, -0.15) is 5.26 Å². The van der Waals surface area contributed by atoms with Gasteiger partial charge in [0, 0.05) is 17.0 Å². The topological polar surface area (TPSA) is 73.8 Å². The number of nitriles is 1. The Hall–Kier alpha value is -2.61. The molecule has 0 fully saturated rings. The van der Waals surface area contributed by atoms with Crippen LogP contribution < -0.4 is 9.47 Å². The molecule has 0 atom stereocenters. The van der Waals surface area contributed by atoms with Gasteiger partial charge in [-0.3, -0.25) is 0 Å². The van der Waals surface area contributed by atoms with Crippen molar-refractivity contribution in [3.8, 4) is 17.6 Å². The van der Waals surface area contributed by atoms with Gasteiger partial charge in [-0.05, 0) is 12.1 Å². The lowest BCUT2D eigenvalue weighted by Crippen LogP contribution is -1.93. The molecular formula is C13H11N3O2. The predicted molar refractivity (Wildman–Crippen MR) is 68.0 cm³/mol. The second kappa shape index (κ2) is 3.70. The monoisotopic (exact) mass is 241 g/mol. The molecule has 2 heterocycles. The van der Waals surface area contributed by atoms with Crippen molar-refractivity contribution >= 4 is 21.8 Å². The summed E-state index contributed by atoms with van der Waals surface area (Å²) in [4.78, 5) is 6.17. The molecule has 3 rings (SSSR count). The summed E-state index contributed by atoms with van der Waals surface area (Å²) in [6.07, 6.45) is 1.84. The maximum Gasteiger partial charge on any atom is 0.187 e. The molecule has 5 nitrogen and oxygen atoms in total. The summed E-state index contributed by atoms with van der Waals surface area (Å²) in [6, 6.07) is 5.87. The summed E-state index contributed by atoms with van der Waals surface area (Å²) in [5, 5.41) is 10.9. The lowest BCUT2D eigenvalue weighted by Gasteiger charge is -2.10. The molecule has 2 aromatic heterocycles. The van der Waals surface area contributed by atoms with E-state index in [1.54, 1.807) is 14.2 Å². The van der Waals surface area contributed by atoms with Crippen molar-refractivity contribution in [1.29, 1.82) is 5.26 Å². The Kier molecular flexibility index (Phi) is 2.17. The van der Waals surface area contributed by atoms with Gasteiger partial charge >= 0.3 is 0 Å². The Balaban J connectivity index is 2.57. The van der Waals surface area contributed by atoms with E-state index >= 15 is 0 Å². The molecule has 0 radical (unpaired) electrons. The molecule has 1 aromatic carbocycles. The SMILES string of the molecule is COc1c(OC)c2[nH]c(C#N)cc2c2cc[nH]c12. The number of methoxy groups -OCH3 is 2. The zero-order valence-corrected chi connectivity index (χ0v) is 10.00. The number of fused-ring (bicyclic) bond motifs is 3. The van der Waals surface area contributed by atoms with E-state index in [0.717, 1.165) is 21.8 Å². The van der Waals surface area contributed by atoms with Gasteiger partial charge < -0.3 is 19.4 Å². The number of H-pyrrole nitrogens is 2. The molecule has 0 unspecified atom stereocenters. The van der Waals surface area contributed by atoms with Gasteiger partial charge in [0.15, 0.2) is 11.5 Å². The second-order valence-corrected chi connectivity index (χ2v) is 3.92. The van der Waals surface area contributed by atoms with E-state index in [2.05, 4.69) is 16.0 Å². The lowest BCUT2D eigenvalue weighted by atomic mass is 10.1. The van der Waals surface area contributed by atoms with Crippen molar-refractivity contribution in [2.24, 2.45) is 0 Å². The average molecular weight is 241 g/mol. The molecule has 18 heavy (non-hydrogen) atoms. The zero-order valence-electron chi connectivity index (χ0n) is 10.00. The Morgan fingerprint density at radius 2 is 1.83 bits per heavy atom. The predicted octanol–water partition coefficient (Wildman–Crippen LogP) is 2.54. The molecule has 0 aliphatic rings. The second-order valence-electron chi connectivity index (χ2n) is 3.92. The van der Waals surface area contributed by atoms with Crippen LogP contribution in [0.15, 0.2) is 18.3 Å². The molecule has 0 spiro atoms. The molecule has 0 aliphatic carbocycles. The van der Waals surface area contributed by atoms with Crippen LogP contribution in [0.5, 0.6) is 11.5 Å². The fourth-order valence-electron chi connectivity index (χ4n) is 2.30. The van der Waals surface area contributed by atoms with Crippen molar-refractivity contribution in [2.45, 2.75) is 0 Å². The third-order valence-corrected chi connectivity index (χ3v) is 3.04. The number of aromatic amines is 2. The third-order valence-electron chi connectivity index (χ3n) is 3.04. The summed E-state index contributed by atoms with van der Waals surface area (Å²) in [6.45, 7) is 0. The first-order valence-corrected chi connectivity index (χ1v) is 5.44. The highest BCUT2D eigenvalue weighted by atomic mass is 16.5. The van der Waals surface area contributed by atoms with Crippen LogP contribution in [0.4, 0.5) is 0 Å². The van der Waals surface area contributed by atoms with Crippen molar-refractivity contribution in [3.05, 3.63) is 24.0 Å². The van der Waals surface area contributed by atoms with E-state index < -0.39 is 0 Å². The van der Waals surface area contributed by atoms with Gasteiger partial charge in [0.1, 0.15) is 11.8 Å². The van der Waals surface area contributed by atoms with E-state index in [9.17, 15) is 0 Å². The van der Waals surface area contributed by atoms with Crippen LogP contribution in [0, 0.1) is 11.3 Å². The molecule has 0 aliphatic heterocycles. The van der Waals surface area contributed by atoms with Crippen LogP contribution in [0.3, 0.4) is 0 Å². The van der Waals surface area contributed by atoms with Crippen LogP contribution >= 0.6 is 0 Å². The molecule has 0 saturated carbocycles. The van der Waals surface area contributed by atoms with Gasteiger partial charge in [0.05, 0.1) is 25.3 Å². The summed E-state index contributed by atoms with van der Waals surface area (Å²) >= 11 is 0. The Bertz CT molecular complexity index is 777. The van der Waals surface area contributed by atoms with Gasteiger partial charge in [0.25, 0.3) is 0 Å². The maximum absolute atomic E-state index is 8.99. The van der Waals surface area contributed by atoms with Crippen LogP contribution in [0.2, 0.25) is 0 Å². The first kappa shape index (κ1) is 10.5. The Morgan fingerprint density at radius 1 is 1.11 bits per heavy atom. The Morgan fingerprint density at radius 3 is 2.50 bits per heavy atom. The maximum atomic E-state index is 8.99. The van der Waals surface area contributed by atoms with Crippen molar-refractivity contribution in [3.63, 3.8) is 0 Å². The van der Waals surface area contributed by atoms with Gasteiger partial charge in [0.2, 0.25) is 0 Å². The summed E-state index contributed by atoms with van der Waals surface area (Å²) in [7, 11) is 3.18. The molecular weight excluding hydrogens is 230 g/mol. The number of ether oxygens (including phenoxy) is 2. The fourth-order valence-corrected chi connectivity index (χ4v) is 2.30. The van der Waals surface area contributed by atoms with Crippen LogP contribution in [0.25, 0.3) is 21.8 Å². The van der Waals surface area contributed by atoms with Crippen LogP contribution in [-0.4, -0.2) is 24.2 Å². The van der Waals surface area contributed by atoms with Gasteiger partial charge in [-0.15, -0.1) is 0 Å². The van der Waals surface area contributed by atoms with E-state index in [1.807, 2.05) is 18.3 Å². The van der Waals surface area contributed by atoms with Crippen molar-refractivity contribution in [1.82, 2.24) is 9.97 Å². The number of aromatic nitrogens is 2. The minimum atomic E-state index is 0.499. The normalized spacial score (nSPS) is 10.7.